The number of fused-ring (bicyclic) bond motifs is 3. The first-order chi connectivity index (χ1) is 28.5. The summed E-state index contributed by atoms with van der Waals surface area (Å²) < 4.78 is 8.73. The van der Waals surface area contributed by atoms with Crippen LogP contribution in [-0.2, 0) is 38.3 Å². The van der Waals surface area contributed by atoms with Crippen molar-refractivity contribution in [2.75, 3.05) is 9.80 Å². The second kappa shape index (κ2) is 16.6. The Morgan fingerprint density at radius 1 is 0.617 bits per heavy atom. The van der Waals surface area contributed by atoms with Gasteiger partial charge in [-0.3, -0.25) is 0 Å². The molecule has 9 rings (SSSR count). The minimum Gasteiger partial charge on any atom is -0.509 e. The van der Waals surface area contributed by atoms with Crippen molar-refractivity contribution in [1.29, 1.82) is 0 Å². The minimum atomic E-state index is -0.218. The standard InChI is InChI=1S/C54H49N4O.Pt/c1-38(2)30-39-26-27-55-52(31-39)58-50-23-14-13-22-48(50)49-25-24-47(36-51(49)58)59-46-21-15-20-44(35-46)56-28-29-57(37-56)45-33-42(53(3,4)40-16-9-7-10-17-40)32-43(34-45)54(5,6)41-18-11-8-12-19-41;/h7-29,31-34,37-38H,30H2,1-6H3;/q-3;. The molecule has 0 saturated carbocycles. The van der Waals surface area contributed by atoms with E-state index in [4.69, 9.17) is 9.72 Å². The zero-order valence-electron chi connectivity index (χ0n) is 35.0. The van der Waals surface area contributed by atoms with Gasteiger partial charge >= 0.3 is 0 Å². The molecule has 8 aromatic rings. The van der Waals surface area contributed by atoms with E-state index >= 15 is 0 Å². The summed E-state index contributed by atoms with van der Waals surface area (Å²) in [5.74, 6) is 2.65. The first-order valence-electron chi connectivity index (χ1n) is 20.5. The summed E-state index contributed by atoms with van der Waals surface area (Å²) in [6, 6.07) is 58.6. The molecule has 0 amide bonds. The molecule has 304 valence electrons. The van der Waals surface area contributed by atoms with Crippen LogP contribution < -0.4 is 14.5 Å². The van der Waals surface area contributed by atoms with Crippen LogP contribution in [0.25, 0.3) is 27.6 Å². The fraction of sp³-hybridized carbons (Fsp3) is 0.185. The summed E-state index contributed by atoms with van der Waals surface area (Å²) in [5, 5.41) is 2.26. The first kappa shape index (κ1) is 40.9. The molecule has 3 heterocycles. The van der Waals surface area contributed by atoms with Crippen LogP contribution in [-0.4, -0.2) is 9.55 Å². The van der Waals surface area contributed by atoms with E-state index in [9.17, 15) is 0 Å². The molecule has 0 atom stereocenters. The smallest absolute Gasteiger partial charge is 0.135 e. The Hall–Kier alpha value is -5.90. The Balaban J connectivity index is 0.00000499. The fourth-order valence-electron chi connectivity index (χ4n) is 8.29. The van der Waals surface area contributed by atoms with Gasteiger partial charge in [0.25, 0.3) is 0 Å². The van der Waals surface area contributed by atoms with Gasteiger partial charge in [-0.2, -0.15) is 12.1 Å². The summed E-state index contributed by atoms with van der Waals surface area (Å²) >= 11 is 0. The third-order valence-corrected chi connectivity index (χ3v) is 11.8. The van der Waals surface area contributed by atoms with E-state index in [0.29, 0.717) is 17.4 Å². The van der Waals surface area contributed by atoms with Gasteiger partial charge in [-0.05, 0) is 88.3 Å². The van der Waals surface area contributed by atoms with Crippen LogP contribution >= 0.6 is 0 Å². The molecule has 6 heteroatoms. The fourth-order valence-corrected chi connectivity index (χ4v) is 8.29. The van der Waals surface area contributed by atoms with Gasteiger partial charge in [-0.25, -0.2) is 4.98 Å². The second-order valence-corrected chi connectivity index (χ2v) is 17.0. The molecule has 1 aliphatic rings. The maximum absolute atomic E-state index is 6.53. The van der Waals surface area contributed by atoms with Gasteiger partial charge < -0.3 is 19.1 Å². The number of nitrogens with zero attached hydrogens (tertiary/aromatic N) is 4. The topological polar surface area (TPSA) is 33.5 Å². The quantitative estimate of drug-likeness (QED) is 0.121. The largest absolute Gasteiger partial charge is 0.509 e. The second-order valence-electron chi connectivity index (χ2n) is 17.0. The van der Waals surface area contributed by atoms with Crippen molar-refractivity contribution in [3.8, 4) is 17.3 Å². The van der Waals surface area contributed by atoms with E-state index in [-0.39, 0.29) is 31.9 Å². The van der Waals surface area contributed by atoms with Crippen LogP contribution in [0.3, 0.4) is 0 Å². The molecule has 0 spiro atoms. The van der Waals surface area contributed by atoms with Crippen LogP contribution in [0.2, 0.25) is 0 Å². The molecule has 5 nitrogen and oxygen atoms in total. The molecule has 0 fully saturated rings. The monoisotopic (exact) mass is 964 g/mol. The van der Waals surface area contributed by atoms with Crippen molar-refractivity contribution in [2.24, 2.45) is 5.92 Å². The van der Waals surface area contributed by atoms with Gasteiger partial charge in [0.15, 0.2) is 0 Å². The van der Waals surface area contributed by atoms with Crippen molar-refractivity contribution in [3.63, 3.8) is 0 Å². The Bertz CT molecular complexity index is 2740. The van der Waals surface area contributed by atoms with Gasteiger partial charge in [0.2, 0.25) is 0 Å². The molecule has 0 N–H and O–H groups in total. The average molecular weight is 965 g/mol. The van der Waals surface area contributed by atoms with E-state index < -0.39 is 0 Å². The van der Waals surface area contributed by atoms with Crippen molar-refractivity contribution < 1.29 is 25.8 Å². The van der Waals surface area contributed by atoms with Crippen molar-refractivity contribution in [3.05, 3.63) is 211 Å². The Morgan fingerprint density at radius 3 is 1.93 bits per heavy atom. The first-order valence-corrected chi connectivity index (χ1v) is 20.5. The van der Waals surface area contributed by atoms with Crippen LogP contribution in [0.15, 0.2) is 164 Å². The van der Waals surface area contributed by atoms with Gasteiger partial charge in [-0.1, -0.05) is 132 Å². The number of hydrogen-bond acceptors (Lipinski definition) is 4. The number of aromatic nitrogens is 2. The van der Waals surface area contributed by atoms with Crippen LogP contribution in [0, 0.1) is 24.7 Å². The zero-order chi connectivity index (χ0) is 40.7. The van der Waals surface area contributed by atoms with E-state index in [1.807, 2.05) is 24.4 Å². The predicted octanol–water partition coefficient (Wildman–Crippen LogP) is 13.3. The number of para-hydroxylation sites is 1. The summed E-state index contributed by atoms with van der Waals surface area (Å²) in [4.78, 5) is 9.11. The van der Waals surface area contributed by atoms with Crippen LogP contribution in [0.4, 0.5) is 11.4 Å². The average Bonchev–Trinajstić information content (AvgIpc) is 3.88. The van der Waals surface area contributed by atoms with Crippen molar-refractivity contribution in [2.45, 2.75) is 58.8 Å². The number of anilines is 2. The van der Waals surface area contributed by atoms with E-state index in [2.05, 4.69) is 215 Å². The number of pyridine rings is 1. The normalized spacial score (nSPS) is 13.1. The minimum absolute atomic E-state index is 0. The number of ether oxygens (including phenoxy) is 1. The van der Waals surface area contributed by atoms with Crippen molar-refractivity contribution in [1.82, 2.24) is 9.55 Å². The summed E-state index contributed by atoms with van der Waals surface area (Å²) in [5.41, 5.74) is 9.88. The molecule has 1 aliphatic heterocycles. The summed E-state index contributed by atoms with van der Waals surface area (Å²) in [6.45, 7) is 15.9. The number of benzene rings is 6. The number of hydrogen-bond donors (Lipinski definition) is 0. The summed E-state index contributed by atoms with van der Waals surface area (Å²) in [6.07, 6.45) is 7.08. The molecule has 60 heavy (non-hydrogen) atoms. The molecular formula is C54H49N4OPt-3. The Morgan fingerprint density at radius 2 is 1.25 bits per heavy atom. The van der Waals surface area contributed by atoms with Gasteiger partial charge in [-0.15, -0.1) is 48.1 Å². The Labute approximate surface area is 369 Å². The summed E-state index contributed by atoms with van der Waals surface area (Å²) in [7, 11) is 0. The molecule has 0 saturated heterocycles. The maximum Gasteiger partial charge on any atom is 0.135 e. The predicted molar refractivity (Wildman–Crippen MR) is 243 cm³/mol. The maximum atomic E-state index is 6.53. The number of rotatable bonds is 11. The van der Waals surface area contributed by atoms with Gasteiger partial charge in [0, 0.05) is 60.8 Å². The molecule has 2 aromatic heterocycles. The van der Waals surface area contributed by atoms with Crippen molar-refractivity contribution >= 4 is 33.2 Å². The Kier molecular flexibility index (Phi) is 11.3. The molecule has 6 aromatic carbocycles. The van der Waals surface area contributed by atoms with E-state index in [0.717, 1.165) is 45.4 Å². The van der Waals surface area contributed by atoms with Crippen LogP contribution in [0.1, 0.15) is 69.4 Å². The zero-order valence-corrected chi connectivity index (χ0v) is 37.2. The third kappa shape index (κ3) is 7.91. The van der Waals surface area contributed by atoms with Gasteiger partial charge in [0.05, 0.1) is 0 Å². The van der Waals surface area contributed by atoms with Crippen LogP contribution in [0.5, 0.6) is 11.5 Å². The molecular weight excluding hydrogens is 916 g/mol. The SMILES string of the molecule is CC(C)Cc1ccnc(-n2c3[c-]c(Oc4[c-]c(N5C=CN(c6cc(C(C)(C)c7ccccc7)cc(C(C)(C)c7ccccc7)c6)[CH-]5)ccc4)ccc3c3ccccc32)c1.[Pt]. The third-order valence-electron chi connectivity index (χ3n) is 11.8. The van der Waals surface area contributed by atoms with E-state index in [1.54, 1.807) is 0 Å². The molecule has 0 aliphatic carbocycles. The van der Waals surface area contributed by atoms with Gasteiger partial charge in [0.1, 0.15) is 5.82 Å². The molecule has 0 bridgehead atoms. The van der Waals surface area contributed by atoms with E-state index in [1.165, 1.54) is 27.8 Å². The molecule has 0 radical (unpaired) electrons. The molecule has 0 unspecified atom stereocenters.